The molecule has 3 aliphatic carbocycles. The van der Waals surface area contributed by atoms with Crippen LogP contribution in [0.5, 0.6) is 0 Å². The van der Waals surface area contributed by atoms with E-state index in [0.717, 1.165) is 74.6 Å². The molecule has 3 aliphatic rings. The van der Waals surface area contributed by atoms with E-state index in [9.17, 15) is 22.7 Å². The molecule has 1 spiro atoms. The van der Waals surface area contributed by atoms with Gasteiger partial charge in [0.2, 0.25) is 0 Å². The highest BCUT2D eigenvalue weighted by Gasteiger charge is 2.45. The standard InChI is InChI=1S/C32H31F5O/c33-24-12-8-20(9-13-24)28-27-22(17-31(14-3-15-31)18-26(27)38)16-25(19-4-1-2-5-19)29(28)30(34)21-6-10-23(11-7-21)32(35,36)37/h6-13,16,19,26,30,38H,1-5,14-15,17-18H2/t26-,30-/m0/s1. The van der Waals surface area contributed by atoms with Crippen molar-refractivity contribution in [3.05, 3.63) is 93.8 Å². The molecule has 200 valence electrons. The molecule has 38 heavy (non-hydrogen) atoms. The van der Waals surface area contributed by atoms with E-state index in [2.05, 4.69) is 6.07 Å². The summed E-state index contributed by atoms with van der Waals surface area (Å²) in [5, 5.41) is 11.5. The zero-order valence-corrected chi connectivity index (χ0v) is 21.1. The highest BCUT2D eigenvalue weighted by atomic mass is 19.4. The van der Waals surface area contributed by atoms with Crippen LogP contribution >= 0.6 is 0 Å². The fourth-order valence-corrected chi connectivity index (χ4v) is 7.15. The summed E-state index contributed by atoms with van der Waals surface area (Å²) in [6.07, 6.45) is 1.63. The molecule has 0 aliphatic heterocycles. The van der Waals surface area contributed by atoms with Crippen molar-refractivity contribution in [3.63, 3.8) is 0 Å². The molecule has 0 bridgehead atoms. The monoisotopic (exact) mass is 526 g/mol. The van der Waals surface area contributed by atoms with Crippen molar-refractivity contribution in [2.75, 3.05) is 0 Å². The van der Waals surface area contributed by atoms with Crippen LogP contribution in [0.4, 0.5) is 22.0 Å². The average molecular weight is 527 g/mol. The Morgan fingerprint density at radius 1 is 0.895 bits per heavy atom. The van der Waals surface area contributed by atoms with Crippen LogP contribution in [0.3, 0.4) is 0 Å². The Balaban J connectivity index is 1.58. The predicted molar refractivity (Wildman–Crippen MR) is 137 cm³/mol. The van der Waals surface area contributed by atoms with E-state index in [4.69, 9.17) is 0 Å². The highest BCUT2D eigenvalue weighted by molar-refractivity contribution is 5.77. The Bertz CT molecular complexity index is 1320. The van der Waals surface area contributed by atoms with Crippen LogP contribution in [0.15, 0.2) is 54.6 Å². The molecule has 2 fully saturated rings. The van der Waals surface area contributed by atoms with Crippen molar-refractivity contribution in [2.45, 2.75) is 82.2 Å². The lowest BCUT2D eigenvalue weighted by atomic mass is 9.58. The quantitative estimate of drug-likeness (QED) is 0.336. The molecule has 0 amide bonds. The van der Waals surface area contributed by atoms with E-state index in [1.54, 1.807) is 12.1 Å². The van der Waals surface area contributed by atoms with Crippen molar-refractivity contribution < 1.29 is 27.1 Å². The predicted octanol–water partition coefficient (Wildman–Crippen LogP) is 9.38. The number of halogens is 5. The maximum atomic E-state index is 16.7. The van der Waals surface area contributed by atoms with Gasteiger partial charge in [-0.25, -0.2) is 8.78 Å². The molecular formula is C32H31F5O. The second-order valence-corrected chi connectivity index (χ2v) is 11.5. The van der Waals surface area contributed by atoms with Gasteiger partial charge >= 0.3 is 6.18 Å². The van der Waals surface area contributed by atoms with Crippen LogP contribution in [-0.4, -0.2) is 5.11 Å². The number of rotatable bonds is 4. The smallest absolute Gasteiger partial charge is 0.388 e. The first kappa shape index (κ1) is 25.5. The summed E-state index contributed by atoms with van der Waals surface area (Å²) in [6.45, 7) is 0. The minimum absolute atomic E-state index is 0.0729. The summed E-state index contributed by atoms with van der Waals surface area (Å²) in [5.74, 6) is -0.275. The molecule has 2 atom stereocenters. The van der Waals surface area contributed by atoms with E-state index >= 15 is 4.39 Å². The van der Waals surface area contributed by atoms with Crippen LogP contribution in [0.1, 0.15) is 103 Å². The van der Waals surface area contributed by atoms with Gasteiger partial charge in [0.05, 0.1) is 11.7 Å². The van der Waals surface area contributed by atoms with E-state index in [-0.39, 0.29) is 16.9 Å². The number of benzene rings is 3. The Labute approximate surface area is 219 Å². The highest BCUT2D eigenvalue weighted by Crippen LogP contribution is 2.57. The Morgan fingerprint density at radius 2 is 1.55 bits per heavy atom. The molecule has 2 saturated carbocycles. The lowest BCUT2D eigenvalue weighted by Gasteiger charge is -2.48. The van der Waals surface area contributed by atoms with Crippen molar-refractivity contribution in [3.8, 4) is 11.1 Å². The number of hydrogen-bond donors (Lipinski definition) is 1. The molecule has 0 heterocycles. The van der Waals surface area contributed by atoms with Crippen molar-refractivity contribution in [1.29, 1.82) is 0 Å². The van der Waals surface area contributed by atoms with Gasteiger partial charge in [0.15, 0.2) is 6.17 Å². The normalized spacial score (nSPS) is 21.8. The molecule has 0 aromatic heterocycles. The van der Waals surface area contributed by atoms with Crippen molar-refractivity contribution in [2.24, 2.45) is 5.41 Å². The van der Waals surface area contributed by atoms with Crippen molar-refractivity contribution >= 4 is 0 Å². The molecule has 0 radical (unpaired) electrons. The SMILES string of the molecule is O[C@H]1CC2(CCC2)Cc2cc(C3CCCC3)c([C@@H](F)c3ccc(C(F)(F)F)cc3)c(-c3ccc(F)cc3)c21. The van der Waals surface area contributed by atoms with Gasteiger partial charge in [-0.2, -0.15) is 13.2 Å². The summed E-state index contributed by atoms with van der Waals surface area (Å²) in [5.41, 5.74) is 3.62. The minimum Gasteiger partial charge on any atom is -0.388 e. The lowest BCUT2D eigenvalue weighted by Crippen LogP contribution is -2.37. The number of hydrogen-bond acceptors (Lipinski definition) is 1. The van der Waals surface area contributed by atoms with Crippen LogP contribution in [0.2, 0.25) is 0 Å². The molecule has 3 aromatic carbocycles. The molecule has 0 saturated heterocycles. The van der Waals surface area contributed by atoms with Crippen LogP contribution < -0.4 is 0 Å². The molecule has 6 heteroatoms. The van der Waals surface area contributed by atoms with Crippen molar-refractivity contribution in [1.82, 2.24) is 0 Å². The Kier molecular flexibility index (Phi) is 6.37. The fourth-order valence-electron chi connectivity index (χ4n) is 7.15. The van der Waals surface area contributed by atoms with Gasteiger partial charge in [0.1, 0.15) is 5.82 Å². The topological polar surface area (TPSA) is 20.2 Å². The molecule has 6 rings (SSSR count). The number of fused-ring (bicyclic) bond motifs is 1. The maximum Gasteiger partial charge on any atom is 0.416 e. The van der Waals surface area contributed by atoms with Crippen LogP contribution in [0, 0.1) is 11.2 Å². The number of alkyl halides is 4. The van der Waals surface area contributed by atoms with E-state index in [1.807, 2.05) is 0 Å². The summed E-state index contributed by atoms with van der Waals surface area (Å²) in [7, 11) is 0. The third-order valence-corrected chi connectivity index (χ3v) is 9.18. The number of aliphatic hydroxyl groups is 1. The molecular weight excluding hydrogens is 495 g/mol. The minimum atomic E-state index is -4.51. The molecule has 3 aromatic rings. The number of aliphatic hydroxyl groups excluding tert-OH is 1. The Hall–Kier alpha value is -2.73. The van der Waals surface area contributed by atoms with E-state index in [0.29, 0.717) is 28.7 Å². The first-order valence-electron chi connectivity index (χ1n) is 13.6. The van der Waals surface area contributed by atoms with Crippen LogP contribution in [0.25, 0.3) is 11.1 Å². The Morgan fingerprint density at radius 3 is 2.13 bits per heavy atom. The third kappa shape index (κ3) is 4.45. The zero-order valence-electron chi connectivity index (χ0n) is 21.1. The molecule has 0 unspecified atom stereocenters. The largest absolute Gasteiger partial charge is 0.416 e. The van der Waals surface area contributed by atoms with Gasteiger partial charge in [0, 0.05) is 5.56 Å². The van der Waals surface area contributed by atoms with Gasteiger partial charge in [-0.1, -0.05) is 49.6 Å². The lowest BCUT2D eigenvalue weighted by molar-refractivity contribution is -0.137. The summed E-state index contributed by atoms with van der Waals surface area (Å²) in [4.78, 5) is 0. The first-order valence-corrected chi connectivity index (χ1v) is 13.6. The third-order valence-electron chi connectivity index (χ3n) is 9.18. The average Bonchev–Trinajstić information content (AvgIpc) is 3.41. The zero-order chi connectivity index (χ0) is 26.7. The van der Waals surface area contributed by atoms with E-state index < -0.39 is 29.8 Å². The summed E-state index contributed by atoms with van der Waals surface area (Å²) < 4.78 is 70.3. The summed E-state index contributed by atoms with van der Waals surface area (Å²) >= 11 is 0. The summed E-state index contributed by atoms with van der Waals surface area (Å²) in [6, 6.07) is 12.2. The van der Waals surface area contributed by atoms with Gasteiger partial charge in [0.25, 0.3) is 0 Å². The maximum absolute atomic E-state index is 16.7. The molecule has 1 nitrogen and oxygen atoms in total. The van der Waals surface area contributed by atoms with Crippen LogP contribution in [-0.2, 0) is 12.6 Å². The fraction of sp³-hybridized carbons (Fsp3) is 0.438. The molecule has 1 N–H and O–H groups in total. The van der Waals surface area contributed by atoms with Gasteiger partial charge in [-0.15, -0.1) is 0 Å². The van der Waals surface area contributed by atoms with Gasteiger partial charge in [-0.3, -0.25) is 0 Å². The second-order valence-electron chi connectivity index (χ2n) is 11.5. The van der Waals surface area contributed by atoms with Gasteiger partial charge in [-0.05, 0) is 108 Å². The second kappa shape index (κ2) is 9.48. The van der Waals surface area contributed by atoms with E-state index in [1.165, 1.54) is 24.3 Å². The first-order chi connectivity index (χ1) is 18.2. The van der Waals surface area contributed by atoms with Gasteiger partial charge < -0.3 is 5.11 Å².